The average Bonchev–Trinajstić information content (AvgIpc) is 3.60. The van der Waals surface area contributed by atoms with Crippen LogP contribution >= 0.6 is 15.9 Å². The minimum Gasteiger partial charge on any atom is -0.483 e. The number of piperazine rings is 1. The molecule has 1 saturated carbocycles. The molecule has 3 fully saturated rings. The summed E-state index contributed by atoms with van der Waals surface area (Å²) in [6, 6.07) is 9.63. The molecule has 2 amide bonds. The molecule has 2 aromatic heterocycles. The first-order chi connectivity index (χ1) is 19.2. The van der Waals surface area contributed by atoms with Crippen molar-refractivity contribution >= 4 is 50.9 Å². The molecular weight excluding hydrogens is 584 g/mol. The van der Waals surface area contributed by atoms with Crippen LogP contribution in [0, 0.1) is 12.8 Å². The number of aromatic nitrogens is 3. The number of nitrogens with one attached hydrogen (secondary N) is 1. The quantitative estimate of drug-likeness (QED) is 0.417. The van der Waals surface area contributed by atoms with Gasteiger partial charge in [0.1, 0.15) is 18.4 Å². The summed E-state index contributed by atoms with van der Waals surface area (Å²) in [5.74, 6) is 0.946. The molecule has 1 aliphatic carbocycles. The Kier molecular flexibility index (Phi) is 7.74. The van der Waals surface area contributed by atoms with E-state index in [1.807, 2.05) is 29.2 Å². The number of nitrogens with zero attached hydrogens (tertiary/aromatic N) is 5. The number of anilines is 1. The van der Waals surface area contributed by atoms with Gasteiger partial charge in [0.05, 0.1) is 5.52 Å². The van der Waals surface area contributed by atoms with Crippen LogP contribution < -0.4 is 16.1 Å². The molecule has 4 heterocycles. The van der Waals surface area contributed by atoms with Crippen molar-refractivity contribution in [3.8, 4) is 0 Å². The minimum absolute atomic E-state index is 0.0264. The second-order valence-corrected chi connectivity index (χ2v) is 11.2. The highest BCUT2D eigenvalue weighted by Gasteiger charge is 2.56. The van der Waals surface area contributed by atoms with Crippen LogP contribution in [0.15, 0.2) is 50.6 Å². The molecule has 3 atom stereocenters. The summed E-state index contributed by atoms with van der Waals surface area (Å²) >= 11 is 3.49. The zero-order chi connectivity index (χ0) is 28.6. The molecule has 210 valence electrons. The topological polar surface area (TPSA) is 149 Å². The van der Waals surface area contributed by atoms with Gasteiger partial charge in [0.15, 0.2) is 0 Å². The van der Waals surface area contributed by atoms with Crippen molar-refractivity contribution < 1.29 is 19.5 Å². The van der Waals surface area contributed by atoms with Gasteiger partial charge in [-0.05, 0) is 56.0 Å². The van der Waals surface area contributed by atoms with E-state index in [9.17, 15) is 19.2 Å². The molecule has 12 nitrogen and oxygen atoms in total. The summed E-state index contributed by atoms with van der Waals surface area (Å²) in [7, 11) is 0. The number of pyridine rings is 1. The van der Waals surface area contributed by atoms with Crippen LogP contribution in [0.25, 0.3) is 10.9 Å². The van der Waals surface area contributed by atoms with E-state index in [0.29, 0.717) is 44.1 Å². The smallest absolute Gasteiger partial charge is 0.328 e. The van der Waals surface area contributed by atoms with Gasteiger partial charge < -0.3 is 19.8 Å². The normalized spacial score (nSPS) is 21.4. The average molecular weight is 613 g/mol. The molecule has 2 aliphatic heterocycles. The van der Waals surface area contributed by atoms with E-state index in [2.05, 4.69) is 31.9 Å². The van der Waals surface area contributed by atoms with Gasteiger partial charge in [-0.3, -0.25) is 28.7 Å². The molecule has 2 saturated heterocycles. The van der Waals surface area contributed by atoms with Gasteiger partial charge >= 0.3 is 5.69 Å². The Morgan fingerprint density at radius 3 is 2.58 bits per heavy atom. The highest BCUT2D eigenvalue weighted by Crippen LogP contribution is 2.48. The fourth-order valence-corrected chi connectivity index (χ4v) is 6.01. The predicted molar refractivity (Wildman–Crippen MR) is 150 cm³/mol. The first-order valence-corrected chi connectivity index (χ1v) is 13.8. The lowest BCUT2D eigenvalue weighted by molar-refractivity contribution is -0.145. The van der Waals surface area contributed by atoms with Gasteiger partial charge in [0.2, 0.25) is 11.8 Å². The molecule has 3 aliphatic rings. The van der Waals surface area contributed by atoms with E-state index < -0.39 is 17.3 Å². The number of carbonyl (C=O) groups is 3. The monoisotopic (exact) mass is 612 g/mol. The van der Waals surface area contributed by atoms with E-state index >= 15 is 0 Å². The molecular formula is C27H29BrN6O6. The van der Waals surface area contributed by atoms with Gasteiger partial charge in [-0.25, -0.2) is 9.78 Å². The number of amides is 2. The number of likely N-dealkylation sites (tertiary alicyclic amines) is 1. The van der Waals surface area contributed by atoms with Gasteiger partial charge in [-0.15, -0.1) is 0 Å². The number of aromatic amines is 1. The van der Waals surface area contributed by atoms with E-state index in [0.717, 1.165) is 27.6 Å². The zero-order valence-corrected chi connectivity index (χ0v) is 23.4. The molecule has 3 aromatic rings. The molecule has 40 heavy (non-hydrogen) atoms. The number of carboxylic acid groups (broad SMARTS) is 1. The number of carbonyl (C=O) groups excluding carboxylic acids is 2. The maximum absolute atomic E-state index is 13.5. The SMILES string of the molecule is Cc1cn(CC(=O)N2[C@@H]3C[C@@H]3C[C@H]2C(=O)N2CCN(c3ccc4cc(Br)ccc4n3)CC2)c(=O)[nH]c1=O.O=CO. The number of hydrogen-bond acceptors (Lipinski definition) is 7. The van der Waals surface area contributed by atoms with Crippen molar-refractivity contribution in [2.45, 2.75) is 38.4 Å². The lowest BCUT2D eigenvalue weighted by atomic mass is 10.1. The molecule has 0 unspecified atom stereocenters. The fraction of sp³-hybridized carbons (Fsp3) is 0.407. The fourth-order valence-electron chi connectivity index (χ4n) is 5.63. The molecule has 1 aromatic carbocycles. The first kappa shape index (κ1) is 27.6. The lowest BCUT2D eigenvalue weighted by Gasteiger charge is -2.38. The summed E-state index contributed by atoms with van der Waals surface area (Å²) in [5, 5.41) is 7.95. The van der Waals surface area contributed by atoms with Crippen molar-refractivity contribution in [3.05, 3.63) is 67.4 Å². The van der Waals surface area contributed by atoms with E-state index in [1.165, 1.54) is 10.8 Å². The maximum Gasteiger partial charge on any atom is 0.328 e. The molecule has 0 spiro atoms. The number of benzene rings is 1. The van der Waals surface area contributed by atoms with E-state index in [-0.39, 0.29) is 30.9 Å². The third-order valence-corrected chi connectivity index (χ3v) is 8.22. The zero-order valence-electron chi connectivity index (χ0n) is 21.8. The molecule has 13 heteroatoms. The Morgan fingerprint density at radius 2 is 1.85 bits per heavy atom. The van der Waals surface area contributed by atoms with Crippen LogP contribution in [0.3, 0.4) is 0 Å². The molecule has 6 rings (SSSR count). The van der Waals surface area contributed by atoms with Crippen molar-refractivity contribution in [1.82, 2.24) is 24.3 Å². The standard InChI is InChI=1S/C26H27BrN6O4.CH2O2/c1-15-13-32(26(37)29-24(15)35)14-23(34)33-20-11-17(20)12-21(33)25(36)31-8-6-30(7-9-31)22-5-2-16-10-18(27)3-4-19(16)28-22;2-1-3/h2-5,10,13,17,20-21H,6-9,11-12,14H2,1H3,(H,29,35,37);1H,(H,2,3)/t17-,20-,21+;/m1./s1. The number of hydrogen-bond donors (Lipinski definition) is 2. The third-order valence-electron chi connectivity index (χ3n) is 7.72. The second-order valence-electron chi connectivity index (χ2n) is 10.2. The highest BCUT2D eigenvalue weighted by molar-refractivity contribution is 9.10. The molecule has 2 N–H and O–H groups in total. The number of piperidine rings is 1. The number of H-pyrrole nitrogens is 1. The Hall–Kier alpha value is -4.00. The number of halogens is 1. The number of rotatable bonds is 4. The summed E-state index contributed by atoms with van der Waals surface area (Å²) in [4.78, 5) is 71.7. The van der Waals surface area contributed by atoms with Crippen LogP contribution in [0.5, 0.6) is 0 Å². The van der Waals surface area contributed by atoms with Crippen LogP contribution in [-0.4, -0.2) is 86.0 Å². The lowest BCUT2D eigenvalue weighted by Crippen LogP contribution is -2.55. The summed E-state index contributed by atoms with van der Waals surface area (Å²) in [6.07, 6.45) is 2.96. The Labute approximate surface area is 237 Å². The third kappa shape index (κ3) is 5.51. The Balaban J connectivity index is 0.00000103. The number of fused-ring (bicyclic) bond motifs is 2. The van der Waals surface area contributed by atoms with Crippen LogP contribution in [-0.2, 0) is 20.9 Å². The van der Waals surface area contributed by atoms with Gasteiger partial charge in [-0.2, -0.15) is 0 Å². The predicted octanol–water partition coefficient (Wildman–Crippen LogP) is 1.19. The molecule has 0 bridgehead atoms. The highest BCUT2D eigenvalue weighted by atomic mass is 79.9. The second kappa shape index (κ2) is 11.2. The van der Waals surface area contributed by atoms with Gasteiger partial charge in [-0.1, -0.05) is 15.9 Å². The Morgan fingerprint density at radius 1 is 1.12 bits per heavy atom. The van der Waals surface area contributed by atoms with E-state index in [4.69, 9.17) is 14.9 Å². The largest absolute Gasteiger partial charge is 0.483 e. The summed E-state index contributed by atoms with van der Waals surface area (Å²) in [5.41, 5.74) is 0.202. The van der Waals surface area contributed by atoms with Crippen molar-refractivity contribution in [1.29, 1.82) is 0 Å². The van der Waals surface area contributed by atoms with Crippen LogP contribution in [0.4, 0.5) is 5.82 Å². The molecule has 0 radical (unpaired) electrons. The van der Waals surface area contributed by atoms with E-state index in [1.54, 1.807) is 11.8 Å². The minimum atomic E-state index is -0.621. The van der Waals surface area contributed by atoms with Crippen molar-refractivity contribution in [2.24, 2.45) is 5.92 Å². The van der Waals surface area contributed by atoms with Crippen LogP contribution in [0.2, 0.25) is 0 Å². The first-order valence-electron chi connectivity index (χ1n) is 13.0. The maximum atomic E-state index is 13.5. The van der Waals surface area contributed by atoms with Gasteiger partial charge in [0.25, 0.3) is 12.0 Å². The van der Waals surface area contributed by atoms with Crippen molar-refractivity contribution in [2.75, 3.05) is 31.1 Å². The Bertz CT molecular complexity index is 1580. The van der Waals surface area contributed by atoms with Crippen LogP contribution in [0.1, 0.15) is 18.4 Å². The summed E-state index contributed by atoms with van der Waals surface area (Å²) in [6.45, 7) is 3.60. The summed E-state index contributed by atoms with van der Waals surface area (Å²) < 4.78 is 2.23. The number of aryl methyl sites for hydroxylation is 1. The van der Waals surface area contributed by atoms with Gasteiger partial charge in [0, 0.05) is 53.8 Å². The van der Waals surface area contributed by atoms with Crippen molar-refractivity contribution in [3.63, 3.8) is 0 Å².